The number of aryl methyl sites for hydroxylation is 1. The minimum absolute atomic E-state index is 0.0827. The summed E-state index contributed by atoms with van der Waals surface area (Å²) in [5.74, 6) is 0.0827. The molecule has 1 aliphatic heterocycles. The van der Waals surface area contributed by atoms with Gasteiger partial charge in [-0.1, -0.05) is 18.2 Å². The molecule has 2 aromatic rings. The number of aliphatic hydroxyl groups is 1. The molecule has 0 aliphatic carbocycles. The topological polar surface area (TPSA) is 61.6 Å². The fourth-order valence-corrected chi connectivity index (χ4v) is 3.35. The number of carbonyl (C=O) groups excluding carboxylic acids is 1. The molecule has 1 fully saturated rings. The van der Waals surface area contributed by atoms with Crippen molar-refractivity contribution in [2.45, 2.75) is 25.0 Å². The van der Waals surface area contributed by atoms with E-state index in [2.05, 4.69) is 5.10 Å². The molecule has 1 aromatic carbocycles. The summed E-state index contributed by atoms with van der Waals surface area (Å²) in [6.07, 6.45) is 2.87. The molecule has 1 aliphatic rings. The Labute approximate surface area is 136 Å². The van der Waals surface area contributed by atoms with Gasteiger partial charge in [0, 0.05) is 24.9 Å². The zero-order valence-corrected chi connectivity index (χ0v) is 13.8. The quantitative estimate of drug-likeness (QED) is 0.892. The van der Waals surface area contributed by atoms with Crippen molar-refractivity contribution in [1.29, 1.82) is 0 Å². The molecule has 6 nitrogen and oxygen atoms in total. The highest BCUT2D eigenvalue weighted by molar-refractivity contribution is 5.79. The highest BCUT2D eigenvalue weighted by Crippen LogP contribution is 2.22. The van der Waals surface area contributed by atoms with Crippen LogP contribution in [0.25, 0.3) is 10.9 Å². The second kappa shape index (κ2) is 6.29. The van der Waals surface area contributed by atoms with Gasteiger partial charge in [0.2, 0.25) is 5.91 Å². The van der Waals surface area contributed by atoms with Crippen molar-refractivity contribution in [2.24, 2.45) is 0 Å². The van der Waals surface area contributed by atoms with Gasteiger partial charge in [0.1, 0.15) is 0 Å². The van der Waals surface area contributed by atoms with Crippen LogP contribution in [0.2, 0.25) is 0 Å². The van der Waals surface area contributed by atoms with Crippen LogP contribution in [0.15, 0.2) is 30.5 Å². The van der Waals surface area contributed by atoms with Gasteiger partial charge in [-0.3, -0.25) is 9.48 Å². The lowest BCUT2D eigenvalue weighted by Crippen LogP contribution is -2.43. The van der Waals surface area contributed by atoms with Crippen LogP contribution in [0, 0.1) is 0 Å². The number of likely N-dealkylation sites (tertiary alicyclic amines) is 1. The van der Waals surface area contributed by atoms with Gasteiger partial charge in [-0.15, -0.1) is 0 Å². The summed E-state index contributed by atoms with van der Waals surface area (Å²) in [6.45, 7) is 2.20. The summed E-state index contributed by atoms with van der Waals surface area (Å²) in [5.41, 5.74) is 0.267. The number of hydrogen-bond acceptors (Lipinski definition) is 4. The number of hydrogen-bond donors (Lipinski definition) is 1. The number of nitrogens with zero attached hydrogens (tertiary/aromatic N) is 4. The molecule has 1 aromatic heterocycles. The average molecular weight is 316 g/mol. The van der Waals surface area contributed by atoms with Crippen LogP contribution >= 0.6 is 0 Å². The first kappa shape index (κ1) is 16.0. The second-order valence-electron chi connectivity index (χ2n) is 6.70. The Balaban J connectivity index is 1.58. The standard InChI is InChI=1S/C17H24N4O2/c1-19(2)12-17(23)8-10-20(13-17)16(22)7-9-21-15-6-4-3-5-14(15)11-18-21/h3-6,11,23H,7-10,12-13H2,1-2H3. The Kier molecular flexibility index (Phi) is 4.37. The molecular formula is C17H24N4O2. The Bertz CT molecular complexity index is 697. The van der Waals surface area contributed by atoms with E-state index in [9.17, 15) is 9.90 Å². The van der Waals surface area contributed by atoms with Crippen molar-refractivity contribution in [3.63, 3.8) is 0 Å². The lowest BCUT2D eigenvalue weighted by atomic mass is 10.0. The molecule has 0 spiro atoms. The third kappa shape index (κ3) is 3.54. The molecule has 1 amide bonds. The third-order valence-corrected chi connectivity index (χ3v) is 4.38. The number of fused-ring (bicyclic) bond motifs is 1. The van der Waals surface area contributed by atoms with Gasteiger partial charge < -0.3 is 14.9 Å². The van der Waals surface area contributed by atoms with Crippen molar-refractivity contribution >= 4 is 16.8 Å². The second-order valence-corrected chi connectivity index (χ2v) is 6.70. The SMILES string of the molecule is CN(C)CC1(O)CCN(C(=O)CCn2ncc3ccccc32)C1. The van der Waals surface area contributed by atoms with E-state index in [1.54, 1.807) is 4.90 Å². The van der Waals surface area contributed by atoms with Crippen LogP contribution in [0.1, 0.15) is 12.8 Å². The van der Waals surface area contributed by atoms with Gasteiger partial charge in [0.15, 0.2) is 0 Å². The van der Waals surface area contributed by atoms with Gasteiger partial charge >= 0.3 is 0 Å². The van der Waals surface area contributed by atoms with Crippen molar-refractivity contribution in [3.8, 4) is 0 Å². The van der Waals surface area contributed by atoms with E-state index in [0.29, 0.717) is 39.0 Å². The molecule has 2 heterocycles. The summed E-state index contributed by atoms with van der Waals surface area (Å²) in [4.78, 5) is 16.1. The molecule has 0 bridgehead atoms. The zero-order chi connectivity index (χ0) is 16.4. The molecule has 3 rings (SSSR count). The highest BCUT2D eigenvalue weighted by Gasteiger charge is 2.38. The maximum absolute atomic E-state index is 12.4. The van der Waals surface area contributed by atoms with Crippen molar-refractivity contribution in [3.05, 3.63) is 30.5 Å². The molecule has 1 unspecified atom stereocenters. The molecule has 6 heteroatoms. The molecule has 1 atom stereocenters. The van der Waals surface area contributed by atoms with Crippen LogP contribution in [0.3, 0.4) is 0 Å². The van der Waals surface area contributed by atoms with Crippen LogP contribution in [-0.4, -0.2) is 69.9 Å². The predicted octanol–water partition coefficient (Wildman–Crippen LogP) is 0.951. The number of para-hydroxylation sites is 1. The smallest absolute Gasteiger partial charge is 0.224 e. The van der Waals surface area contributed by atoms with Crippen molar-refractivity contribution in [2.75, 3.05) is 33.7 Å². The Morgan fingerprint density at radius 3 is 2.96 bits per heavy atom. The highest BCUT2D eigenvalue weighted by atomic mass is 16.3. The monoisotopic (exact) mass is 316 g/mol. The largest absolute Gasteiger partial charge is 0.387 e. The van der Waals surface area contributed by atoms with Gasteiger partial charge in [0.25, 0.3) is 0 Å². The normalized spacial score (nSPS) is 21.5. The maximum Gasteiger partial charge on any atom is 0.224 e. The first-order valence-electron chi connectivity index (χ1n) is 8.02. The van der Waals surface area contributed by atoms with Gasteiger partial charge in [-0.2, -0.15) is 5.10 Å². The molecule has 1 saturated heterocycles. The number of benzene rings is 1. The van der Waals surface area contributed by atoms with Crippen LogP contribution in [0.5, 0.6) is 0 Å². The summed E-state index contributed by atoms with van der Waals surface area (Å²) < 4.78 is 1.87. The first-order valence-corrected chi connectivity index (χ1v) is 8.02. The van der Waals surface area contributed by atoms with Gasteiger partial charge in [-0.25, -0.2) is 0 Å². The van der Waals surface area contributed by atoms with Crippen LogP contribution < -0.4 is 0 Å². The summed E-state index contributed by atoms with van der Waals surface area (Å²) in [5, 5.41) is 16.0. The van der Waals surface area contributed by atoms with Gasteiger partial charge in [0.05, 0.1) is 30.4 Å². The van der Waals surface area contributed by atoms with Crippen LogP contribution in [-0.2, 0) is 11.3 Å². The summed E-state index contributed by atoms with van der Waals surface area (Å²) in [6, 6.07) is 7.99. The fraction of sp³-hybridized carbons (Fsp3) is 0.529. The van der Waals surface area contributed by atoms with Crippen molar-refractivity contribution in [1.82, 2.24) is 19.6 Å². The number of β-amino-alcohol motifs (C(OH)–C–C–N with tert-alkyl or cyclic N) is 1. The van der Waals surface area contributed by atoms with Crippen LogP contribution in [0.4, 0.5) is 0 Å². The predicted molar refractivity (Wildman–Crippen MR) is 89.1 cm³/mol. The van der Waals surface area contributed by atoms with Gasteiger partial charge in [-0.05, 0) is 26.6 Å². The lowest BCUT2D eigenvalue weighted by molar-refractivity contribution is -0.131. The third-order valence-electron chi connectivity index (χ3n) is 4.38. The number of likely N-dealkylation sites (N-methyl/N-ethyl adjacent to an activating group) is 1. The van der Waals surface area contributed by atoms with E-state index in [1.807, 2.05) is 54.1 Å². The fourth-order valence-electron chi connectivity index (χ4n) is 3.35. The first-order chi connectivity index (χ1) is 11.0. The van der Waals surface area contributed by atoms with E-state index in [0.717, 1.165) is 10.9 Å². The zero-order valence-electron chi connectivity index (χ0n) is 13.8. The Hall–Kier alpha value is -1.92. The number of amides is 1. The minimum Gasteiger partial charge on any atom is -0.387 e. The molecule has 0 saturated carbocycles. The van der Waals surface area contributed by atoms with E-state index >= 15 is 0 Å². The average Bonchev–Trinajstić information content (AvgIpc) is 3.08. The van der Waals surface area contributed by atoms with Crippen molar-refractivity contribution < 1.29 is 9.90 Å². The molecule has 0 radical (unpaired) electrons. The number of aromatic nitrogens is 2. The summed E-state index contributed by atoms with van der Waals surface area (Å²) in [7, 11) is 3.87. The molecule has 23 heavy (non-hydrogen) atoms. The molecule has 124 valence electrons. The molecular weight excluding hydrogens is 292 g/mol. The van der Waals surface area contributed by atoms with E-state index in [1.165, 1.54) is 0 Å². The van der Waals surface area contributed by atoms with E-state index in [-0.39, 0.29) is 5.91 Å². The minimum atomic E-state index is -0.780. The van der Waals surface area contributed by atoms with E-state index < -0.39 is 5.60 Å². The maximum atomic E-state index is 12.4. The summed E-state index contributed by atoms with van der Waals surface area (Å²) >= 11 is 0. The number of carbonyl (C=O) groups is 1. The Morgan fingerprint density at radius 1 is 1.39 bits per heavy atom. The number of rotatable bonds is 5. The molecule has 1 N–H and O–H groups in total. The Morgan fingerprint density at radius 2 is 2.17 bits per heavy atom. The van der Waals surface area contributed by atoms with E-state index in [4.69, 9.17) is 0 Å². The lowest BCUT2D eigenvalue weighted by Gasteiger charge is -2.26.